The molecule has 0 aromatic heterocycles. The fourth-order valence-corrected chi connectivity index (χ4v) is 3.42. The number of carbonyl (C=O) groups excluding carboxylic acids is 4. The lowest BCUT2D eigenvalue weighted by Crippen LogP contribution is -2.26. The largest absolute Gasteiger partial charge is 0.489 e. The third kappa shape index (κ3) is 5.87. The van der Waals surface area contributed by atoms with Crippen molar-refractivity contribution in [1.29, 1.82) is 5.41 Å². The molecule has 0 fully saturated rings. The first-order chi connectivity index (χ1) is 14.8. The quantitative estimate of drug-likeness (QED) is 0.543. The van der Waals surface area contributed by atoms with E-state index in [2.05, 4.69) is 0 Å². The summed E-state index contributed by atoms with van der Waals surface area (Å²) in [5, 5.41) is 7.43. The number of benzene rings is 2. The van der Waals surface area contributed by atoms with E-state index in [0.29, 0.717) is 35.6 Å². The van der Waals surface area contributed by atoms with Crippen molar-refractivity contribution in [1.82, 2.24) is 0 Å². The summed E-state index contributed by atoms with van der Waals surface area (Å²) >= 11 is 0. The molecule has 2 aromatic rings. The summed E-state index contributed by atoms with van der Waals surface area (Å²) in [6.45, 7) is 2.35. The minimum absolute atomic E-state index is 0.00538. The Morgan fingerprint density at radius 1 is 1.19 bits per heavy atom. The molecule has 2 aromatic carbocycles. The van der Waals surface area contributed by atoms with E-state index in [1.165, 1.54) is 0 Å². The van der Waals surface area contributed by atoms with Gasteiger partial charge in [0, 0.05) is 30.5 Å². The fourth-order valence-electron chi connectivity index (χ4n) is 3.42. The van der Waals surface area contributed by atoms with Crippen LogP contribution in [-0.4, -0.2) is 30.7 Å². The van der Waals surface area contributed by atoms with Gasteiger partial charge in [0.1, 0.15) is 18.2 Å². The van der Waals surface area contributed by atoms with Crippen LogP contribution in [0.4, 0.5) is 5.69 Å². The van der Waals surface area contributed by atoms with Gasteiger partial charge < -0.3 is 15.4 Å². The molecule has 3 rings (SSSR count). The van der Waals surface area contributed by atoms with Crippen molar-refractivity contribution in [2.45, 2.75) is 32.8 Å². The molecule has 0 saturated carbocycles. The van der Waals surface area contributed by atoms with E-state index in [0.717, 1.165) is 12.0 Å². The highest BCUT2D eigenvalue weighted by molar-refractivity contribution is 6.11. The number of anilines is 1. The number of amidine groups is 1. The van der Waals surface area contributed by atoms with Crippen LogP contribution in [0.15, 0.2) is 42.5 Å². The predicted molar refractivity (Wildman–Crippen MR) is 114 cm³/mol. The van der Waals surface area contributed by atoms with Crippen LogP contribution in [0.3, 0.4) is 0 Å². The van der Waals surface area contributed by atoms with Gasteiger partial charge in [-0.3, -0.25) is 15.0 Å². The summed E-state index contributed by atoms with van der Waals surface area (Å²) in [6.07, 6.45) is 2.05. The van der Waals surface area contributed by atoms with Crippen LogP contribution < -0.4 is 15.4 Å². The van der Waals surface area contributed by atoms with Gasteiger partial charge in [-0.05, 0) is 30.2 Å². The first-order valence-electron chi connectivity index (χ1n) is 9.82. The van der Waals surface area contributed by atoms with Crippen molar-refractivity contribution >= 4 is 29.4 Å². The fraction of sp³-hybridized carbons (Fsp3) is 0.304. The zero-order valence-electron chi connectivity index (χ0n) is 17.5. The van der Waals surface area contributed by atoms with Crippen molar-refractivity contribution in [3.05, 3.63) is 59.2 Å². The standard InChI is InChI=1S/C22H25N3O3.CO2/c1-3-4-16-11-20(26)25(2)19-10-9-17(12-18(19)21(16)27)28-13-14-5-7-15(8-6-14)22(23)24;2-1-3/h5-10,12,16H,3-4,11,13H2,1-2H3,(H3,23,24);. The molecule has 1 aliphatic rings. The van der Waals surface area contributed by atoms with E-state index < -0.39 is 0 Å². The molecule has 8 heteroatoms. The van der Waals surface area contributed by atoms with Crippen LogP contribution in [0.1, 0.15) is 47.7 Å². The molecule has 162 valence electrons. The number of Topliss-reactive ketones (excluding diaryl/α,β-unsaturated/α-hetero) is 1. The van der Waals surface area contributed by atoms with Crippen molar-refractivity contribution in [2.24, 2.45) is 11.7 Å². The maximum Gasteiger partial charge on any atom is 0.373 e. The number of amides is 1. The lowest BCUT2D eigenvalue weighted by Gasteiger charge is -2.17. The van der Waals surface area contributed by atoms with Crippen LogP contribution >= 0.6 is 0 Å². The minimum atomic E-state index is -0.282. The molecular formula is C23H25N3O5. The number of nitrogens with one attached hydrogen (secondary N) is 1. The summed E-state index contributed by atoms with van der Waals surface area (Å²) in [4.78, 5) is 43.2. The van der Waals surface area contributed by atoms with E-state index in [-0.39, 0.29) is 36.0 Å². The van der Waals surface area contributed by atoms with Crippen LogP contribution in [0, 0.1) is 11.3 Å². The molecule has 1 heterocycles. The zero-order chi connectivity index (χ0) is 23.0. The molecule has 0 bridgehead atoms. The Bertz CT molecular complexity index is 995. The Balaban J connectivity index is 0.00000107. The average Bonchev–Trinajstić information content (AvgIpc) is 2.84. The summed E-state index contributed by atoms with van der Waals surface area (Å²) in [5.41, 5.74) is 8.23. The molecule has 0 spiro atoms. The van der Waals surface area contributed by atoms with Crippen LogP contribution in [0.25, 0.3) is 0 Å². The lowest BCUT2D eigenvalue weighted by atomic mass is 9.91. The third-order valence-electron chi connectivity index (χ3n) is 5.07. The molecule has 3 N–H and O–H groups in total. The van der Waals surface area contributed by atoms with Crippen LogP contribution in [-0.2, 0) is 21.0 Å². The lowest BCUT2D eigenvalue weighted by molar-refractivity contribution is -0.191. The number of fused-ring (bicyclic) bond motifs is 1. The molecule has 31 heavy (non-hydrogen) atoms. The topological polar surface area (TPSA) is 131 Å². The van der Waals surface area contributed by atoms with Crippen LogP contribution in [0.2, 0.25) is 0 Å². The Labute approximate surface area is 180 Å². The van der Waals surface area contributed by atoms with E-state index in [9.17, 15) is 9.59 Å². The predicted octanol–water partition coefficient (Wildman–Crippen LogP) is 2.93. The molecule has 1 amide bonds. The second-order valence-corrected chi connectivity index (χ2v) is 7.17. The number of hydrogen-bond acceptors (Lipinski definition) is 6. The number of ketones is 1. The Kier molecular flexibility index (Phi) is 8.23. The SMILES string of the molecule is CCCC1CC(=O)N(C)c2ccc(OCc3ccc(C(=N)N)cc3)cc2C1=O.O=C=O. The second-order valence-electron chi connectivity index (χ2n) is 7.17. The normalized spacial score (nSPS) is 15.2. The molecule has 1 aliphatic heterocycles. The highest BCUT2D eigenvalue weighted by atomic mass is 16.5. The number of hydrogen-bond donors (Lipinski definition) is 2. The van der Waals surface area contributed by atoms with Crippen molar-refractivity contribution < 1.29 is 23.9 Å². The first kappa shape index (κ1) is 23.5. The second kappa shape index (κ2) is 10.8. The summed E-state index contributed by atoms with van der Waals surface area (Å²) in [5.74, 6) is 0.295. The van der Waals surface area contributed by atoms with Crippen molar-refractivity contribution in [3.8, 4) is 5.75 Å². The molecule has 0 aliphatic carbocycles. The highest BCUT2D eigenvalue weighted by Gasteiger charge is 2.31. The maximum absolute atomic E-state index is 13.0. The van der Waals surface area contributed by atoms with E-state index in [1.54, 1.807) is 42.3 Å². The van der Waals surface area contributed by atoms with Gasteiger partial charge in [0.15, 0.2) is 5.78 Å². The number of nitrogens with two attached hydrogens (primary N) is 1. The Morgan fingerprint density at radius 2 is 1.84 bits per heavy atom. The van der Waals surface area contributed by atoms with E-state index >= 15 is 0 Å². The van der Waals surface area contributed by atoms with E-state index in [4.69, 9.17) is 25.5 Å². The van der Waals surface area contributed by atoms with Gasteiger partial charge in [-0.2, -0.15) is 9.59 Å². The van der Waals surface area contributed by atoms with Gasteiger partial charge in [0.05, 0.1) is 5.69 Å². The zero-order valence-corrected chi connectivity index (χ0v) is 17.5. The minimum Gasteiger partial charge on any atom is -0.489 e. The van der Waals surface area contributed by atoms with Crippen molar-refractivity contribution in [3.63, 3.8) is 0 Å². The van der Waals surface area contributed by atoms with Gasteiger partial charge in [-0.1, -0.05) is 37.6 Å². The smallest absolute Gasteiger partial charge is 0.373 e. The summed E-state index contributed by atoms with van der Waals surface area (Å²) in [6, 6.07) is 12.5. The number of nitrogens with zero attached hydrogens (tertiary/aromatic N) is 1. The number of rotatable bonds is 6. The van der Waals surface area contributed by atoms with Gasteiger partial charge in [0.25, 0.3) is 0 Å². The summed E-state index contributed by atoms with van der Waals surface area (Å²) < 4.78 is 5.86. The number of ether oxygens (including phenoxy) is 1. The molecule has 1 unspecified atom stereocenters. The van der Waals surface area contributed by atoms with Gasteiger partial charge in [-0.15, -0.1) is 0 Å². The number of carbonyl (C=O) groups is 2. The van der Waals surface area contributed by atoms with Crippen molar-refractivity contribution in [2.75, 3.05) is 11.9 Å². The number of nitrogen functional groups attached to an aromatic ring is 1. The first-order valence-corrected chi connectivity index (χ1v) is 9.82. The average molecular weight is 423 g/mol. The van der Waals surface area contributed by atoms with E-state index in [1.807, 2.05) is 19.1 Å². The monoisotopic (exact) mass is 423 g/mol. The van der Waals surface area contributed by atoms with Gasteiger partial charge in [0.2, 0.25) is 5.91 Å². The maximum atomic E-state index is 13.0. The molecule has 0 radical (unpaired) electrons. The Hall–Kier alpha value is -3.77. The van der Waals surface area contributed by atoms with Crippen LogP contribution in [0.5, 0.6) is 5.75 Å². The Morgan fingerprint density at radius 3 is 2.42 bits per heavy atom. The molecular weight excluding hydrogens is 398 g/mol. The summed E-state index contributed by atoms with van der Waals surface area (Å²) in [7, 11) is 1.71. The highest BCUT2D eigenvalue weighted by Crippen LogP contribution is 2.33. The molecule has 0 saturated heterocycles. The van der Waals surface area contributed by atoms with Gasteiger partial charge in [-0.25, -0.2) is 0 Å². The molecule has 8 nitrogen and oxygen atoms in total. The molecule has 1 atom stereocenters. The van der Waals surface area contributed by atoms with Gasteiger partial charge >= 0.3 is 6.15 Å². The third-order valence-corrected chi connectivity index (χ3v) is 5.07.